The Morgan fingerprint density at radius 1 is 1.50 bits per heavy atom. The van der Waals surface area contributed by atoms with Gasteiger partial charge in [-0.2, -0.15) is 0 Å². The van der Waals surface area contributed by atoms with E-state index < -0.39 is 5.97 Å². The zero-order chi connectivity index (χ0) is 9.40. The van der Waals surface area contributed by atoms with E-state index in [4.69, 9.17) is 5.11 Å². The number of rotatable bonds is 7. The molecular weight excluding hydrogens is 158 g/mol. The van der Waals surface area contributed by atoms with E-state index in [1.54, 1.807) is 6.41 Å². The second kappa shape index (κ2) is 6.64. The van der Waals surface area contributed by atoms with Crippen molar-refractivity contribution in [2.75, 3.05) is 13.1 Å². The molecule has 0 aliphatic rings. The Morgan fingerprint density at radius 3 is 2.58 bits per heavy atom. The van der Waals surface area contributed by atoms with Gasteiger partial charge in [0.05, 0.1) is 0 Å². The maximum absolute atomic E-state index is 10.2. The summed E-state index contributed by atoms with van der Waals surface area (Å²) in [5, 5.41) is 8.31. The number of carboxylic acid groups (broad SMARTS) is 1. The highest BCUT2D eigenvalue weighted by Crippen LogP contribution is 1.94. The molecule has 0 aromatic heterocycles. The Kier molecular flexibility index (Phi) is 6.05. The molecule has 0 fully saturated rings. The van der Waals surface area contributed by atoms with Crippen molar-refractivity contribution in [2.45, 2.75) is 26.2 Å². The minimum Gasteiger partial charge on any atom is -0.481 e. The Balaban J connectivity index is 3.44. The molecule has 4 nitrogen and oxygen atoms in total. The van der Waals surface area contributed by atoms with Crippen LogP contribution in [0.1, 0.15) is 26.2 Å². The summed E-state index contributed by atoms with van der Waals surface area (Å²) in [7, 11) is 0. The van der Waals surface area contributed by atoms with Crippen LogP contribution < -0.4 is 0 Å². The number of carboxylic acids is 1. The maximum Gasteiger partial charge on any atom is 0.312 e. The number of amides is 1. The van der Waals surface area contributed by atoms with Crippen LogP contribution >= 0.6 is 0 Å². The summed E-state index contributed by atoms with van der Waals surface area (Å²) >= 11 is 0. The topological polar surface area (TPSA) is 57.6 Å². The summed E-state index contributed by atoms with van der Waals surface area (Å²) in [5.74, 6) is -0.822. The molecule has 1 amide bonds. The van der Waals surface area contributed by atoms with Gasteiger partial charge in [0.2, 0.25) is 0 Å². The van der Waals surface area contributed by atoms with Crippen molar-refractivity contribution < 1.29 is 14.7 Å². The van der Waals surface area contributed by atoms with Gasteiger partial charge in [-0.3, -0.25) is 9.59 Å². The van der Waals surface area contributed by atoms with Crippen molar-refractivity contribution >= 4 is 12.4 Å². The van der Waals surface area contributed by atoms with Gasteiger partial charge in [0, 0.05) is 19.5 Å². The summed E-state index contributed by atoms with van der Waals surface area (Å²) < 4.78 is 0. The van der Waals surface area contributed by atoms with E-state index in [2.05, 4.69) is 0 Å². The summed E-state index contributed by atoms with van der Waals surface area (Å²) in [5.41, 5.74) is 0. The zero-order valence-corrected chi connectivity index (χ0v) is 7.25. The van der Waals surface area contributed by atoms with Gasteiger partial charge in [-0.25, -0.2) is 0 Å². The van der Waals surface area contributed by atoms with E-state index in [0.29, 0.717) is 19.5 Å². The average molecular weight is 172 g/mol. The molecule has 0 aromatic rings. The fourth-order valence-corrected chi connectivity index (χ4v) is 0.894. The van der Waals surface area contributed by atoms with Gasteiger partial charge in [-0.15, -0.1) is 0 Å². The molecule has 0 saturated carbocycles. The third-order valence-corrected chi connectivity index (χ3v) is 1.44. The lowest BCUT2D eigenvalue weighted by atomic mass is 10.3. The fraction of sp³-hybridized carbons (Fsp3) is 0.750. The normalized spacial score (nSPS) is 9.42. The van der Waals surface area contributed by atoms with Crippen LogP contribution in [-0.2, 0) is 9.59 Å². The first kappa shape index (κ1) is 10.9. The number of hydrogen-bond acceptors (Lipinski definition) is 2. The Bertz CT molecular complexity index is 147. The van der Waals surface area contributed by atoms with E-state index in [1.165, 1.54) is 4.90 Å². The molecule has 69 valence electrons. The lowest BCUT2D eigenvalue weighted by molar-refractivity contribution is -0.137. The second-order valence-corrected chi connectivity index (χ2v) is 2.58. The molecule has 0 spiro atoms. The predicted molar refractivity (Wildman–Crippen MR) is 44.4 cm³/mol. The van der Waals surface area contributed by atoms with Crippen LogP contribution in [0.5, 0.6) is 0 Å². The van der Waals surface area contributed by atoms with E-state index >= 15 is 0 Å². The van der Waals surface area contributed by atoms with Crippen LogP contribution in [0.25, 0.3) is 0 Å². The number of carbonyl (C=O) groups excluding carboxylic acids is 1. The zero-order valence-electron chi connectivity index (χ0n) is 7.25. The van der Waals surface area contributed by atoms with Crippen LogP contribution in [0.2, 0.25) is 0 Å². The number of nitrogens with zero attached hydrogens (tertiary/aromatic N) is 1. The third-order valence-electron chi connectivity index (χ3n) is 1.44. The summed E-state index contributed by atoms with van der Waals surface area (Å²) in [6, 6.07) is 0. The molecular formula is C8H14NO3. The van der Waals surface area contributed by atoms with Crippen molar-refractivity contribution in [2.24, 2.45) is 0 Å². The first-order chi connectivity index (χ1) is 5.70. The minimum atomic E-state index is -0.822. The van der Waals surface area contributed by atoms with E-state index in [0.717, 1.165) is 6.42 Å². The molecule has 0 unspecified atom stereocenters. The predicted octanol–water partition coefficient (Wildman–Crippen LogP) is 0.630. The molecule has 0 heterocycles. The molecule has 0 bridgehead atoms. The molecule has 12 heavy (non-hydrogen) atoms. The van der Waals surface area contributed by atoms with Crippen LogP contribution in [-0.4, -0.2) is 35.5 Å². The highest BCUT2D eigenvalue weighted by atomic mass is 16.4. The van der Waals surface area contributed by atoms with Crippen LogP contribution in [0.15, 0.2) is 0 Å². The fourth-order valence-electron chi connectivity index (χ4n) is 0.894. The van der Waals surface area contributed by atoms with Crippen molar-refractivity contribution in [3.05, 3.63) is 0 Å². The average Bonchev–Trinajstić information content (AvgIpc) is 2.02. The van der Waals surface area contributed by atoms with Gasteiger partial charge in [-0.1, -0.05) is 6.92 Å². The maximum atomic E-state index is 10.2. The number of aliphatic carboxylic acids is 1. The van der Waals surface area contributed by atoms with E-state index in [-0.39, 0.29) is 6.42 Å². The smallest absolute Gasteiger partial charge is 0.312 e. The molecule has 0 aromatic carbocycles. The highest BCUT2D eigenvalue weighted by Gasteiger charge is 2.02. The largest absolute Gasteiger partial charge is 0.481 e. The standard InChI is InChI=1S/C8H14NO3/c1-2-5-9(7-10)6-3-4-8(11)12/h2-6H2,1H3,(H,11,12). The van der Waals surface area contributed by atoms with Crippen LogP contribution in [0, 0.1) is 0 Å². The first-order valence-electron chi connectivity index (χ1n) is 4.05. The van der Waals surface area contributed by atoms with E-state index in [9.17, 15) is 9.59 Å². The van der Waals surface area contributed by atoms with Crippen LogP contribution in [0.3, 0.4) is 0 Å². The van der Waals surface area contributed by atoms with Crippen LogP contribution in [0.4, 0.5) is 0 Å². The molecule has 1 radical (unpaired) electrons. The summed E-state index contributed by atoms with van der Waals surface area (Å²) in [6.07, 6.45) is 3.26. The van der Waals surface area contributed by atoms with Crippen molar-refractivity contribution in [1.29, 1.82) is 0 Å². The van der Waals surface area contributed by atoms with Crippen molar-refractivity contribution in [3.8, 4) is 0 Å². The Labute approximate surface area is 72.2 Å². The molecule has 0 aliphatic heterocycles. The van der Waals surface area contributed by atoms with Crippen molar-refractivity contribution in [1.82, 2.24) is 4.90 Å². The second-order valence-electron chi connectivity index (χ2n) is 2.58. The van der Waals surface area contributed by atoms with Gasteiger partial charge in [-0.05, 0) is 12.8 Å². The molecule has 0 atom stereocenters. The molecule has 0 rings (SSSR count). The molecule has 1 N–H and O–H groups in total. The van der Waals surface area contributed by atoms with Crippen molar-refractivity contribution in [3.63, 3.8) is 0 Å². The SMILES string of the molecule is CCCN([C]=O)CCCC(=O)O. The quantitative estimate of drug-likeness (QED) is 0.573. The molecule has 4 heteroatoms. The Morgan fingerprint density at radius 2 is 2.17 bits per heavy atom. The lowest BCUT2D eigenvalue weighted by Gasteiger charge is -2.13. The highest BCUT2D eigenvalue weighted by molar-refractivity contribution is 5.66. The summed E-state index contributed by atoms with van der Waals surface area (Å²) in [4.78, 5) is 21.8. The first-order valence-corrected chi connectivity index (χ1v) is 4.05. The van der Waals surface area contributed by atoms with E-state index in [1.807, 2.05) is 6.92 Å². The minimum absolute atomic E-state index is 0.113. The number of hydrogen-bond donors (Lipinski definition) is 1. The number of carbonyl (C=O) groups is 1. The van der Waals surface area contributed by atoms with Gasteiger partial charge < -0.3 is 10.0 Å². The molecule has 0 saturated heterocycles. The monoisotopic (exact) mass is 172 g/mol. The Hall–Kier alpha value is -1.06. The van der Waals surface area contributed by atoms with Gasteiger partial charge >= 0.3 is 12.4 Å². The third kappa shape index (κ3) is 5.70. The van der Waals surface area contributed by atoms with Gasteiger partial charge in [0.15, 0.2) is 0 Å². The lowest BCUT2D eigenvalue weighted by Crippen LogP contribution is -2.24. The molecule has 0 aliphatic carbocycles. The van der Waals surface area contributed by atoms with Gasteiger partial charge in [0.1, 0.15) is 0 Å². The van der Waals surface area contributed by atoms with Gasteiger partial charge in [0.25, 0.3) is 0 Å². The summed E-state index contributed by atoms with van der Waals surface area (Å²) in [6.45, 7) is 3.11.